The van der Waals surface area contributed by atoms with E-state index in [1.165, 1.54) is 0 Å². The number of ether oxygens (including phenoxy) is 2. The Morgan fingerprint density at radius 1 is 0.688 bits per heavy atom. The van der Waals surface area contributed by atoms with Gasteiger partial charge in [-0.05, 0) is 62.4 Å². The molecule has 32 heavy (non-hydrogen) atoms. The quantitative estimate of drug-likeness (QED) is 0.136. The van der Waals surface area contributed by atoms with Gasteiger partial charge in [-0.3, -0.25) is 4.79 Å². The Labute approximate surface area is 197 Å². The minimum Gasteiger partial charge on any atom is -0.461 e. The molecule has 0 N–H and O–H groups in total. The van der Waals surface area contributed by atoms with Gasteiger partial charge in [-0.2, -0.15) is 0 Å². The summed E-state index contributed by atoms with van der Waals surface area (Å²) in [5.74, 6) is 0.420. The highest BCUT2D eigenvalue weighted by molar-refractivity contribution is 7.99. The lowest BCUT2D eigenvalue weighted by Crippen LogP contribution is -2.07. The van der Waals surface area contributed by atoms with E-state index in [1.54, 1.807) is 61.6 Å². The van der Waals surface area contributed by atoms with Gasteiger partial charge in [-0.15, -0.1) is 23.5 Å². The molecule has 2 aromatic rings. The van der Waals surface area contributed by atoms with E-state index in [9.17, 15) is 14.4 Å². The number of carbonyl (C=O) groups is 3. The minimum absolute atomic E-state index is 0.0520. The van der Waals surface area contributed by atoms with Crippen molar-refractivity contribution in [3.63, 3.8) is 0 Å². The van der Waals surface area contributed by atoms with Gasteiger partial charge in [-0.25, -0.2) is 9.59 Å². The number of hydrogen-bond donors (Lipinski definition) is 0. The average molecular weight is 471 g/mol. The molecule has 168 valence electrons. The van der Waals surface area contributed by atoms with E-state index < -0.39 is 0 Å². The summed E-state index contributed by atoms with van der Waals surface area (Å²) in [7, 11) is 0. The lowest BCUT2D eigenvalue weighted by Gasteiger charge is -2.07. The summed E-state index contributed by atoms with van der Waals surface area (Å²) in [6.07, 6.45) is 0. The number of benzene rings is 2. The third-order valence-electron chi connectivity index (χ3n) is 4.10. The first-order valence-electron chi connectivity index (χ1n) is 9.93. The summed E-state index contributed by atoms with van der Waals surface area (Å²) >= 11 is 3.10. The molecule has 0 amide bonds. The van der Waals surface area contributed by atoms with Crippen molar-refractivity contribution in [2.24, 2.45) is 0 Å². The van der Waals surface area contributed by atoms with Gasteiger partial charge in [-0.1, -0.05) is 13.2 Å². The molecule has 0 aromatic heterocycles. The fourth-order valence-electron chi connectivity index (χ4n) is 2.41. The van der Waals surface area contributed by atoms with Gasteiger partial charge in [0.2, 0.25) is 0 Å². The zero-order valence-corrected chi connectivity index (χ0v) is 19.9. The standard InChI is InChI=1S/C25H26O5S2/c1-17(2)24(27)29-13-15-31-21-9-5-19(6-10-21)23(26)20-7-11-22(12-8-20)32-16-14-30-25(28)18(3)4/h5-12H,1,3,13-16H2,2,4H3. The topological polar surface area (TPSA) is 69.7 Å². The summed E-state index contributed by atoms with van der Waals surface area (Å²) in [5, 5.41) is 0. The van der Waals surface area contributed by atoms with Crippen molar-refractivity contribution in [1.82, 2.24) is 0 Å². The molecule has 0 heterocycles. The molecule has 0 aliphatic carbocycles. The van der Waals surface area contributed by atoms with Gasteiger partial charge in [0.25, 0.3) is 0 Å². The summed E-state index contributed by atoms with van der Waals surface area (Å²) in [6, 6.07) is 14.7. The van der Waals surface area contributed by atoms with Gasteiger partial charge in [0.1, 0.15) is 13.2 Å². The average Bonchev–Trinajstić information content (AvgIpc) is 2.79. The first kappa shape index (κ1) is 25.5. The third kappa shape index (κ3) is 8.40. The van der Waals surface area contributed by atoms with E-state index in [0.29, 0.717) is 47.0 Å². The Morgan fingerprint density at radius 2 is 1.03 bits per heavy atom. The van der Waals surface area contributed by atoms with E-state index >= 15 is 0 Å². The first-order valence-corrected chi connectivity index (χ1v) is 11.9. The van der Waals surface area contributed by atoms with Crippen LogP contribution in [0, 0.1) is 0 Å². The Bertz CT molecular complexity index is 899. The maximum atomic E-state index is 12.7. The molecule has 0 fully saturated rings. The minimum atomic E-state index is -0.387. The lowest BCUT2D eigenvalue weighted by molar-refractivity contribution is -0.139. The van der Waals surface area contributed by atoms with E-state index in [2.05, 4.69) is 13.2 Å². The van der Waals surface area contributed by atoms with Crippen molar-refractivity contribution >= 4 is 41.2 Å². The molecule has 0 aliphatic rings. The molecular weight excluding hydrogens is 444 g/mol. The number of ketones is 1. The van der Waals surface area contributed by atoms with E-state index in [0.717, 1.165) is 9.79 Å². The van der Waals surface area contributed by atoms with Crippen LogP contribution >= 0.6 is 23.5 Å². The SMILES string of the molecule is C=C(C)C(=O)OCCSc1ccc(C(=O)c2ccc(SCCOC(=O)C(=C)C)cc2)cc1. The molecule has 0 atom stereocenters. The van der Waals surface area contributed by atoms with Crippen LogP contribution in [0.2, 0.25) is 0 Å². The Morgan fingerprint density at radius 3 is 1.34 bits per heavy atom. The van der Waals surface area contributed by atoms with Crippen LogP contribution in [0.3, 0.4) is 0 Å². The van der Waals surface area contributed by atoms with Gasteiger partial charge in [0, 0.05) is 43.6 Å². The van der Waals surface area contributed by atoms with Crippen LogP contribution < -0.4 is 0 Å². The van der Waals surface area contributed by atoms with Crippen LogP contribution in [0.15, 0.2) is 82.6 Å². The number of thioether (sulfide) groups is 2. The summed E-state index contributed by atoms with van der Waals surface area (Å²) in [4.78, 5) is 37.4. The van der Waals surface area contributed by atoms with Gasteiger partial charge in [0.05, 0.1) is 0 Å². The summed E-state index contributed by atoms with van der Waals surface area (Å²) < 4.78 is 10.1. The van der Waals surface area contributed by atoms with Crippen LogP contribution in [0.25, 0.3) is 0 Å². The van der Waals surface area contributed by atoms with Crippen molar-refractivity contribution in [2.45, 2.75) is 23.6 Å². The van der Waals surface area contributed by atoms with Gasteiger partial charge in [0.15, 0.2) is 5.78 Å². The molecule has 0 spiro atoms. The summed E-state index contributed by atoms with van der Waals surface area (Å²) in [6.45, 7) is 10.9. The van der Waals surface area contributed by atoms with Crippen LogP contribution in [0.4, 0.5) is 0 Å². The molecule has 0 bridgehead atoms. The second kappa shape index (κ2) is 12.9. The smallest absolute Gasteiger partial charge is 0.333 e. The zero-order chi connectivity index (χ0) is 23.5. The fourth-order valence-corrected chi connectivity index (χ4v) is 3.87. The largest absolute Gasteiger partial charge is 0.461 e. The molecule has 5 nitrogen and oxygen atoms in total. The predicted molar refractivity (Wildman–Crippen MR) is 129 cm³/mol. The molecule has 0 saturated carbocycles. The number of carbonyl (C=O) groups excluding carboxylic acids is 3. The Balaban J connectivity index is 1.81. The van der Waals surface area contributed by atoms with Crippen LogP contribution in [0.1, 0.15) is 29.8 Å². The number of hydrogen-bond acceptors (Lipinski definition) is 7. The lowest BCUT2D eigenvalue weighted by atomic mass is 10.0. The second-order valence-electron chi connectivity index (χ2n) is 6.91. The van der Waals surface area contributed by atoms with Crippen molar-refractivity contribution in [3.8, 4) is 0 Å². The fraction of sp³-hybridized carbons (Fsp3) is 0.240. The number of rotatable bonds is 12. The highest BCUT2D eigenvalue weighted by Crippen LogP contribution is 2.22. The predicted octanol–water partition coefficient (Wildman–Crippen LogP) is 5.34. The van der Waals surface area contributed by atoms with Crippen molar-refractivity contribution in [3.05, 3.63) is 84.0 Å². The Kier molecular flexibility index (Phi) is 10.3. The third-order valence-corrected chi connectivity index (χ3v) is 6.05. The molecule has 7 heteroatoms. The van der Waals surface area contributed by atoms with Crippen molar-refractivity contribution in [1.29, 1.82) is 0 Å². The van der Waals surface area contributed by atoms with E-state index in [1.807, 2.05) is 24.3 Å². The van der Waals surface area contributed by atoms with Crippen LogP contribution in [-0.2, 0) is 19.1 Å². The zero-order valence-electron chi connectivity index (χ0n) is 18.2. The van der Waals surface area contributed by atoms with Gasteiger partial charge >= 0.3 is 11.9 Å². The van der Waals surface area contributed by atoms with Crippen LogP contribution in [0.5, 0.6) is 0 Å². The molecule has 0 radical (unpaired) electrons. The number of esters is 2. The Hall–Kier alpha value is -2.77. The maximum Gasteiger partial charge on any atom is 0.333 e. The monoisotopic (exact) mass is 470 g/mol. The summed E-state index contributed by atoms with van der Waals surface area (Å²) in [5.41, 5.74) is 1.98. The highest BCUT2D eigenvalue weighted by atomic mass is 32.2. The highest BCUT2D eigenvalue weighted by Gasteiger charge is 2.10. The molecule has 0 aliphatic heterocycles. The second-order valence-corrected chi connectivity index (χ2v) is 9.24. The van der Waals surface area contributed by atoms with E-state index in [4.69, 9.17) is 9.47 Å². The van der Waals surface area contributed by atoms with Crippen LogP contribution in [-0.4, -0.2) is 42.4 Å². The molecular formula is C25H26O5S2. The molecule has 0 saturated heterocycles. The maximum absolute atomic E-state index is 12.7. The van der Waals surface area contributed by atoms with Crippen molar-refractivity contribution < 1.29 is 23.9 Å². The molecule has 2 aromatic carbocycles. The van der Waals surface area contributed by atoms with E-state index in [-0.39, 0.29) is 17.7 Å². The normalized spacial score (nSPS) is 10.3. The van der Waals surface area contributed by atoms with Crippen molar-refractivity contribution in [2.75, 3.05) is 24.7 Å². The van der Waals surface area contributed by atoms with Gasteiger partial charge < -0.3 is 9.47 Å². The molecule has 2 rings (SSSR count). The molecule has 0 unspecified atom stereocenters. The first-order chi connectivity index (χ1) is 15.3.